The van der Waals surface area contributed by atoms with Crippen molar-refractivity contribution in [3.8, 4) is 0 Å². The molecule has 0 radical (unpaired) electrons. The van der Waals surface area contributed by atoms with Crippen molar-refractivity contribution in [2.45, 2.75) is 32.7 Å². The second kappa shape index (κ2) is 6.51. The topological polar surface area (TPSA) is 49.3 Å². The number of hydrogen-bond donors (Lipinski definition) is 0. The standard InChI is InChI=1S/C18H22N4OS/c1-13-10-19-11-17(20-13)21-6-2-14(3-7-21)18(23)22-8-4-16-15(12-22)5-9-24-16/h5,9-11,14H,2-4,6-8,12H2,1H3. The number of carbonyl (C=O) groups is 1. The Morgan fingerprint density at radius 3 is 2.88 bits per heavy atom. The first-order chi connectivity index (χ1) is 11.7. The van der Waals surface area contributed by atoms with E-state index in [1.54, 1.807) is 6.20 Å². The molecular weight excluding hydrogens is 320 g/mol. The zero-order valence-corrected chi connectivity index (χ0v) is 14.8. The summed E-state index contributed by atoms with van der Waals surface area (Å²) in [7, 11) is 0. The molecule has 0 spiro atoms. The first kappa shape index (κ1) is 15.6. The zero-order chi connectivity index (χ0) is 16.5. The third-order valence-electron chi connectivity index (χ3n) is 5.03. The van der Waals surface area contributed by atoms with Gasteiger partial charge in [-0.05, 0) is 43.2 Å². The van der Waals surface area contributed by atoms with Crippen molar-refractivity contribution in [1.82, 2.24) is 14.9 Å². The summed E-state index contributed by atoms with van der Waals surface area (Å²) in [5, 5.41) is 2.14. The zero-order valence-electron chi connectivity index (χ0n) is 13.9. The van der Waals surface area contributed by atoms with Gasteiger partial charge in [0.15, 0.2) is 0 Å². The molecule has 0 atom stereocenters. The molecule has 24 heavy (non-hydrogen) atoms. The predicted molar refractivity (Wildman–Crippen MR) is 95.1 cm³/mol. The Kier molecular flexibility index (Phi) is 4.22. The van der Waals surface area contributed by atoms with Gasteiger partial charge in [0.2, 0.25) is 5.91 Å². The number of anilines is 1. The maximum Gasteiger partial charge on any atom is 0.226 e. The van der Waals surface area contributed by atoms with Crippen molar-refractivity contribution in [2.24, 2.45) is 5.92 Å². The molecule has 4 heterocycles. The van der Waals surface area contributed by atoms with Crippen molar-refractivity contribution >= 4 is 23.1 Å². The molecule has 0 unspecified atom stereocenters. The Hall–Kier alpha value is -1.95. The minimum atomic E-state index is 0.152. The molecule has 4 rings (SSSR count). The van der Waals surface area contributed by atoms with Crippen LogP contribution in [0.5, 0.6) is 0 Å². The number of rotatable bonds is 2. The summed E-state index contributed by atoms with van der Waals surface area (Å²) in [6, 6.07) is 2.17. The van der Waals surface area contributed by atoms with Crippen LogP contribution in [0.3, 0.4) is 0 Å². The van der Waals surface area contributed by atoms with Gasteiger partial charge in [-0.15, -0.1) is 11.3 Å². The van der Waals surface area contributed by atoms with Crippen molar-refractivity contribution in [3.63, 3.8) is 0 Å². The SMILES string of the molecule is Cc1cncc(N2CCC(C(=O)N3CCc4sccc4C3)CC2)n1. The molecule has 0 aromatic carbocycles. The highest BCUT2D eigenvalue weighted by molar-refractivity contribution is 7.10. The van der Waals surface area contributed by atoms with Crippen LogP contribution >= 0.6 is 11.3 Å². The summed E-state index contributed by atoms with van der Waals surface area (Å²) in [6.45, 7) is 5.39. The quantitative estimate of drug-likeness (QED) is 0.842. The minimum Gasteiger partial charge on any atom is -0.355 e. The van der Waals surface area contributed by atoms with E-state index in [9.17, 15) is 4.79 Å². The number of piperidine rings is 1. The van der Waals surface area contributed by atoms with Crippen LogP contribution in [0.4, 0.5) is 5.82 Å². The molecule has 1 saturated heterocycles. The van der Waals surface area contributed by atoms with E-state index in [-0.39, 0.29) is 5.92 Å². The van der Waals surface area contributed by atoms with Gasteiger partial charge >= 0.3 is 0 Å². The lowest BCUT2D eigenvalue weighted by Gasteiger charge is -2.36. The normalized spacial score (nSPS) is 18.5. The van der Waals surface area contributed by atoms with Gasteiger partial charge in [0.05, 0.1) is 11.9 Å². The number of carbonyl (C=O) groups excluding carboxylic acids is 1. The lowest BCUT2D eigenvalue weighted by molar-refractivity contribution is -0.137. The van der Waals surface area contributed by atoms with Crippen LogP contribution in [0.2, 0.25) is 0 Å². The lowest BCUT2D eigenvalue weighted by atomic mass is 9.94. The van der Waals surface area contributed by atoms with Crippen LogP contribution in [0, 0.1) is 12.8 Å². The highest BCUT2D eigenvalue weighted by Gasteiger charge is 2.31. The fraction of sp³-hybridized carbons (Fsp3) is 0.500. The first-order valence-corrected chi connectivity index (χ1v) is 9.46. The van der Waals surface area contributed by atoms with E-state index in [0.717, 1.165) is 57.0 Å². The Morgan fingerprint density at radius 2 is 2.08 bits per heavy atom. The maximum atomic E-state index is 12.9. The number of fused-ring (bicyclic) bond motifs is 1. The Bertz CT molecular complexity index is 736. The van der Waals surface area contributed by atoms with Gasteiger partial charge in [-0.2, -0.15) is 0 Å². The summed E-state index contributed by atoms with van der Waals surface area (Å²) in [5.41, 5.74) is 2.28. The van der Waals surface area contributed by atoms with Gasteiger partial charge in [-0.25, -0.2) is 4.98 Å². The summed E-state index contributed by atoms with van der Waals surface area (Å²) >= 11 is 1.82. The summed E-state index contributed by atoms with van der Waals surface area (Å²) < 4.78 is 0. The fourth-order valence-electron chi connectivity index (χ4n) is 3.65. The van der Waals surface area contributed by atoms with E-state index in [2.05, 4.69) is 31.2 Å². The van der Waals surface area contributed by atoms with Crippen molar-refractivity contribution in [3.05, 3.63) is 40.0 Å². The van der Waals surface area contributed by atoms with E-state index in [1.807, 2.05) is 24.5 Å². The molecular formula is C18H22N4OS. The summed E-state index contributed by atoms with van der Waals surface area (Å²) in [6.07, 6.45) is 6.41. The van der Waals surface area contributed by atoms with E-state index in [1.165, 1.54) is 10.4 Å². The van der Waals surface area contributed by atoms with Crippen LogP contribution in [0.25, 0.3) is 0 Å². The van der Waals surface area contributed by atoms with Gasteiger partial charge in [-0.1, -0.05) is 0 Å². The largest absolute Gasteiger partial charge is 0.355 e. The predicted octanol–water partition coefficient (Wildman–Crippen LogP) is 2.65. The van der Waals surface area contributed by atoms with Crippen molar-refractivity contribution in [2.75, 3.05) is 24.5 Å². The van der Waals surface area contributed by atoms with E-state index in [0.29, 0.717) is 5.91 Å². The van der Waals surface area contributed by atoms with Gasteiger partial charge in [0.1, 0.15) is 5.82 Å². The number of amides is 1. The molecule has 2 aliphatic heterocycles. The van der Waals surface area contributed by atoms with E-state index < -0.39 is 0 Å². The van der Waals surface area contributed by atoms with Crippen LogP contribution in [-0.2, 0) is 17.8 Å². The molecule has 0 saturated carbocycles. The van der Waals surface area contributed by atoms with Gasteiger partial charge in [-0.3, -0.25) is 9.78 Å². The molecule has 2 aromatic rings. The number of aryl methyl sites for hydroxylation is 1. The van der Waals surface area contributed by atoms with Gasteiger partial charge in [0.25, 0.3) is 0 Å². The molecule has 0 aliphatic carbocycles. The van der Waals surface area contributed by atoms with Gasteiger partial charge < -0.3 is 9.80 Å². The second-order valence-corrected chi connectivity index (χ2v) is 7.66. The summed E-state index contributed by atoms with van der Waals surface area (Å²) in [4.78, 5) is 27.4. The fourth-order valence-corrected chi connectivity index (χ4v) is 4.54. The van der Waals surface area contributed by atoms with E-state index in [4.69, 9.17) is 0 Å². The van der Waals surface area contributed by atoms with E-state index >= 15 is 0 Å². The molecule has 0 N–H and O–H groups in total. The highest BCUT2D eigenvalue weighted by atomic mass is 32.1. The lowest BCUT2D eigenvalue weighted by Crippen LogP contribution is -2.44. The molecule has 6 heteroatoms. The Labute approximate surface area is 146 Å². The third kappa shape index (κ3) is 3.02. The number of aromatic nitrogens is 2. The molecule has 5 nitrogen and oxygen atoms in total. The molecule has 2 aliphatic rings. The number of thiophene rings is 1. The number of nitrogens with zero attached hydrogens (tertiary/aromatic N) is 4. The smallest absolute Gasteiger partial charge is 0.226 e. The first-order valence-electron chi connectivity index (χ1n) is 8.58. The van der Waals surface area contributed by atoms with Crippen molar-refractivity contribution < 1.29 is 4.79 Å². The Morgan fingerprint density at radius 1 is 1.25 bits per heavy atom. The van der Waals surface area contributed by atoms with Crippen molar-refractivity contribution in [1.29, 1.82) is 0 Å². The average Bonchev–Trinajstić information content (AvgIpc) is 3.09. The molecule has 1 fully saturated rings. The van der Waals surface area contributed by atoms with Crippen LogP contribution in [-0.4, -0.2) is 40.4 Å². The number of hydrogen-bond acceptors (Lipinski definition) is 5. The van der Waals surface area contributed by atoms with Crippen LogP contribution < -0.4 is 4.90 Å². The molecule has 0 bridgehead atoms. The van der Waals surface area contributed by atoms with Crippen LogP contribution in [0.1, 0.15) is 29.0 Å². The highest BCUT2D eigenvalue weighted by Crippen LogP contribution is 2.28. The second-order valence-electron chi connectivity index (χ2n) is 6.66. The molecule has 126 valence electrons. The monoisotopic (exact) mass is 342 g/mol. The Balaban J connectivity index is 1.37. The summed E-state index contributed by atoms with van der Waals surface area (Å²) in [5.74, 6) is 1.42. The molecule has 1 amide bonds. The maximum absolute atomic E-state index is 12.9. The third-order valence-corrected chi connectivity index (χ3v) is 6.05. The average molecular weight is 342 g/mol. The molecule has 2 aromatic heterocycles. The van der Waals surface area contributed by atoms with Crippen LogP contribution in [0.15, 0.2) is 23.8 Å². The minimum absolute atomic E-state index is 0.152. The van der Waals surface area contributed by atoms with Gasteiger partial charge in [0, 0.05) is 43.2 Å².